The van der Waals surface area contributed by atoms with Gasteiger partial charge in [-0.15, -0.1) is 10.2 Å². The molecule has 0 aromatic carbocycles. The average Bonchev–Trinajstić information content (AvgIpc) is 2.34. The largest absolute Gasteiger partial charge is 0.394 e. The lowest BCUT2D eigenvalue weighted by molar-refractivity contribution is -0.0203. The van der Waals surface area contributed by atoms with E-state index in [1.54, 1.807) is 0 Å². The fraction of sp³-hybridized carbons (Fsp3) is 0.667. The third-order valence-electron chi connectivity index (χ3n) is 2.02. The highest BCUT2D eigenvalue weighted by molar-refractivity contribution is 6.31. The monoisotopic (exact) mass is 262 g/mol. The second-order valence-electron chi connectivity index (χ2n) is 3.37. The Bertz CT molecular complexity index is 349. The number of aromatic nitrogens is 3. The zero-order valence-corrected chi connectivity index (χ0v) is 9.97. The lowest BCUT2D eigenvalue weighted by atomic mass is 10.3. The zero-order valence-electron chi connectivity index (χ0n) is 9.21. The minimum Gasteiger partial charge on any atom is -0.394 e. The minimum atomic E-state index is -0.538. The Labute approximate surface area is 104 Å². The smallest absolute Gasteiger partial charge is 0.193 e. The molecule has 1 heterocycles. The van der Waals surface area contributed by atoms with Gasteiger partial charge < -0.3 is 20.7 Å². The molecule has 8 heteroatoms. The number of rotatable bonds is 7. The van der Waals surface area contributed by atoms with Crippen LogP contribution in [0.4, 0.5) is 5.82 Å². The molecular formula is C9H15ClN4O3. The van der Waals surface area contributed by atoms with Crippen LogP contribution in [0.25, 0.3) is 0 Å². The highest BCUT2D eigenvalue weighted by Gasteiger charge is 2.06. The topological polar surface area (TPSA) is 114 Å². The number of aryl methyl sites for hydroxylation is 1. The van der Waals surface area contributed by atoms with Gasteiger partial charge in [-0.1, -0.05) is 11.6 Å². The number of hydrogen-bond acceptors (Lipinski definition) is 7. The Morgan fingerprint density at radius 3 is 2.59 bits per heavy atom. The number of anilines is 1. The van der Waals surface area contributed by atoms with Crippen molar-refractivity contribution in [2.24, 2.45) is 0 Å². The molecule has 1 aromatic heterocycles. The Balaban J connectivity index is 2.28. The van der Waals surface area contributed by atoms with Crippen molar-refractivity contribution in [1.29, 1.82) is 0 Å². The molecule has 0 saturated carbocycles. The van der Waals surface area contributed by atoms with E-state index in [1.807, 2.05) is 0 Å². The molecule has 0 aliphatic rings. The van der Waals surface area contributed by atoms with Gasteiger partial charge in [0, 0.05) is 13.0 Å². The van der Waals surface area contributed by atoms with Crippen molar-refractivity contribution < 1.29 is 14.9 Å². The second kappa shape index (κ2) is 7.33. The van der Waals surface area contributed by atoms with E-state index < -0.39 is 6.10 Å². The predicted molar refractivity (Wildman–Crippen MR) is 61.5 cm³/mol. The summed E-state index contributed by atoms with van der Waals surface area (Å²) in [5.41, 5.74) is 5.47. The van der Waals surface area contributed by atoms with Crippen LogP contribution in [0.3, 0.4) is 0 Å². The van der Waals surface area contributed by atoms with Crippen LogP contribution >= 0.6 is 11.6 Å². The Hall–Kier alpha value is -1.02. The normalized spacial score (nSPS) is 11.1. The quantitative estimate of drug-likeness (QED) is 0.563. The Morgan fingerprint density at radius 1 is 1.29 bits per heavy atom. The van der Waals surface area contributed by atoms with Gasteiger partial charge in [-0.2, -0.15) is 0 Å². The molecule has 0 unspecified atom stereocenters. The van der Waals surface area contributed by atoms with E-state index in [-0.39, 0.29) is 24.2 Å². The van der Waals surface area contributed by atoms with Gasteiger partial charge in [0.05, 0.1) is 13.2 Å². The van der Waals surface area contributed by atoms with Crippen molar-refractivity contribution in [1.82, 2.24) is 15.2 Å². The van der Waals surface area contributed by atoms with E-state index in [2.05, 4.69) is 15.2 Å². The first-order valence-electron chi connectivity index (χ1n) is 5.15. The molecule has 4 N–H and O–H groups in total. The number of nitrogens with two attached hydrogens (primary N) is 1. The number of ether oxygens (including phenoxy) is 1. The van der Waals surface area contributed by atoms with Crippen LogP contribution in [0.2, 0.25) is 5.15 Å². The fourth-order valence-corrected chi connectivity index (χ4v) is 1.19. The summed E-state index contributed by atoms with van der Waals surface area (Å²) in [4.78, 5) is 3.95. The molecule has 0 aliphatic carbocycles. The summed E-state index contributed by atoms with van der Waals surface area (Å²) in [5.74, 6) is 0.640. The summed E-state index contributed by atoms with van der Waals surface area (Å²) in [5, 5.41) is 25.0. The van der Waals surface area contributed by atoms with E-state index in [1.165, 1.54) is 0 Å². The van der Waals surface area contributed by atoms with E-state index in [4.69, 9.17) is 32.3 Å². The van der Waals surface area contributed by atoms with Crippen LogP contribution in [0.15, 0.2) is 0 Å². The Kier molecular flexibility index (Phi) is 6.06. The van der Waals surface area contributed by atoms with Crippen molar-refractivity contribution in [3.63, 3.8) is 0 Å². The second-order valence-corrected chi connectivity index (χ2v) is 3.72. The minimum absolute atomic E-state index is 0.0885. The molecule has 0 bridgehead atoms. The van der Waals surface area contributed by atoms with Gasteiger partial charge in [-0.3, -0.25) is 0 Å². The van der Waals surface area contributed by atoms with Crippen molar-refractivity contribution in [2.45, 2.75) is 18.9 Å². The summed E-state index contributed by atoms with van der Waals surface area (Å²) < 4.78 is 5.18. The first-order chi connectivity index (χ1) is 8.17. The molecule has 0 fully saturated rings. The fourth-order valence-electron chi connectivity index (χ4n) is 1.11. The number of aliphatic hydroxyl groups excluding tert-OH is 2. The van der Waals surface area contributed by atoms with Gasteiger partial charge in [-0.05, 0) is 6.42 Å². The summed E-state index contributed by atoms with van der Waals surface area (Å²) >= 11 is 5.58. The molecule has 1 rings (SSSR count). The molecule has 96 valence electrons. The predicted octanol–water partition coefficient (Wildman–Crippen LogP) is -0.590. The molecule has 0 amide bonds. The molecule has 0 saturated heterocycles. The third kappa shape index (κ3) is 4.78. The number of aliphatic hydroxyl groups is 2. The number of nitrogens with zero attached hydrogens (tertiary/aromatic N) is 3. The number of hydrogen-bond donors (Lipinski definition) is 3. The van der Waals surface area contributed by atoms with Crippen molar-refractivity contribution >= 4 is 17.4 Å². The van der Waals surface area contributed by atoms with Crippen LogP contribution < -0.4 is 5.73 Å². The van der Waals surface area contributed by atoms with Crippen LogP contribution in [0.5, 0.6) is 0 Å². The number of halogens is 1. The average molecular weight is 263 g/mol. The molecule has 1 aromatic rings. The molecule has 0 radical (unpaired) electrons. The van der Waals surface area contributed by atoms with Gasteiger partial charge in [0.2, 0.25) is 0 Å². The van der Waals surface area contributed by atoms with E-state index in [9.17, 15) is 0 Å². The van der Waals surface area contributed by atoms with Crippen molar-refractivity contribution in [3.8, 4) is 0 Å². The lowest BCUT2D eigenvalue weighted by Crippen LogP contribution is -2.22. The lowest BCUT2D eigenvalue weighted by Gasteiger charge is -2.11. The maximum atomic E-state index is 8.76. The van der Waals surface area contributed by atoms with E-state index in [0.717, 1.165) is 0 Å². The van der Waals surface area contributed by atoms with Crippen LogP contribution in [-0.4, -0.2) is 51.3 Å². The maximum Gasteiger partial charge on any atom is 0.193 e. The van der Waals surface area contributed by atoms with Crippen LogP contribution in [0, 0.1) is 0 Å². The SMILES string of the molecule is Nc1nc(CCCOC(CO)CO)nnc1Cl. The summed E-state index contributed by atoms with van der Waals surface area (Å²) in [6, 6.07) is 0. The molecule has 0 spiro atoms. The first kappa shape index (κ1) is 14.0. The standard InChI is InChI=1S/C9H15ClN4O3/c10-8-9(11)12-7(13-14-8)2-1-3-17-6(4-15)5-16/h6,15-16H,1-5H2,(H2,11,12,13). The third-order valence-corrected chi connectivity index (χ3v) is 2.29. The van der Waals surface area contributed by atoms with Gasteiger partial charge in [0.15, 0.2) is 16.8 Å². The molecule has 7 nitrogen and oxygen atoms in total. The van der Waals surface area contributed by atoms with Gasteiger partial charge in [0.25, 0.3) is 0 Å². The van der Waals surface area contributed by atoms with E-state index >= 15 is 0 Å². The Morgan fingerprint density at radius 2 is 2.00 bits per heavy atom. The molecular weight excluding hydrogens is 248 g/mol. The van der Waals surface area contributed by atoms with Gasteiger partial charge >= 0.3 is 0 Å². The highest BCUT2D eigenvalue weighted by Crippen LogP contribution is 2.10. The maximum absolute atomic E-state index is 8.76. The summed E-state index contributed by atoms with van der Waals surface area (Å²) in [6.45, 7) is -0.0252. The molecule has 17 heavy (non-hydrogen) atoms. The number of nitrogen functional groups attached to an aromatic ring is 1. The highest BCUT2D eigenvalue weighted by atomic mass is 35.5. The van der Waals surface area contributed by atoms with Crippen LogP contribution in [-0.2, 0) is 11.2 Å². The molecule has 0 aliphatic heterocycles. The zero-order chi connectivity index (χ0) is 12.7. The van der Waals surface area contributed by atoms with Crippen molar-refractivity contribution in [2.75, 3.05) is 25.6 Å². The summed E-state index contributed by atoms with van der Waals surface area (Å²) in [7, 11) is 0. The summed E-state index contributed by atoms with van der Waals surface area (Å²) in [6.07, 6.45) is 0.640. The van der Waals surface area contributed by atoms with Crippen molar-refractivity contribution in [3.05, 3.63) is 11.0 Å². The molecule has 0 atom stereocenters. The first-order valence-corrected chi connectivity index (χ1v) is 5.53. The van der Waals surface area contributed by atoms with Gasteiger partial charge in [-0.25, -0.2) is 4.98 Å². The van der Waals surface area contributed by atoms with E-state index in [0.29, 0.717) is 25.3 Å². The van der Waals surface area contributed by atoms with Gasteiger partial charge in [0.1, 0.15) is 6.10 Å². The van der Waals surface area contributed by atoms with Crippen LogP contribution in [0.1, 0.15) is 12.2 Å².